The highest BCUT2D eigenvalue weighted by Gasteiger charge is 2.28. The average molecular weight is 442 g/mol. The second-order valence-corrected chi connectivity index (χ2v) is 8.71. The standard InChI is InChI=1S/C27H27N3O3/c1-27(2)16-20-11-12-22(33-3)14-23(20)24(30-27)15-25(31)18-7-9-19(10-8-18)26(32)29-17-21-6-4-5-13-28-21/h4-15,30H,16-17H2,1-3H3,(H,29,32). The number of ether oxygens (including phenoxy) is 1. The molecule has 6 nitrogen and oxygen atoms in total. The van der Waals surface area contributed by atoms with Crippen LogP contribution in [0.2, 0.25) is 0 Å². The third-order valence-corrected chi connectivity index (χ3v) is 5.58. The van der Waals surface area contributed by atoms with Gasteiger partial charge in [0.15, 0.2) is 5.78 Å². The van der Waals surface area contributed by atoms with Gasteiger partial charge in [-0.2, -0.15) is 0 Å². The summed E-state index contributed by atoms with van der Waals surface area (Å²) in [5, 5.41) is 6.32. The van der Waals surface area contributed by atoms with E-state index in [4.69, 9.17) is 4.74 Å². The predicted octanol–water partition coefficient (Wildman–Crippen LogP) is 4.17. The smallest absolute Gasteiger partial charge is 0.251 e. The number of carbonyl (C=O) groups is 2. The van der Waals surface area contributed by atoms with Crippen molar-refractivity contribution in [1.82, 2.24) is 15.6 Å². The fraction of sp³-hybridized carbons (Fsp3) is 0.222. The summed E-state index contributed by atoms with van der Waals surface area (Å²) < 4.78 is 5.37. The van der Waals surface area contributed by atoms with Gasteiger partial charge in [-0.25, -0.2) is 0 Å². The fourth-order valence-electron chi connectivity index (χ4n) is 3.93. The van der Waals surface area contributed by atoms with E-state index in [9.17, 15) is 9.59 Å². The van der Waals surface area contributed by atoms with E-state index in [0.29, 0.717) is 17.7 Å². The first-order valence-electron chi connectivity index (χ1n) is 10.8. The van der Waals surface area contributed by atoms with Gasteiger partial charge in [-0.05, 0) is 62.2 Å². The highest BCUT2D eigenvalue weighted by molar-refractivity contribution is 6.09. The van der Waals surface area contributed by atoms with Crippen molar-refractivity contribution < 1.29 is 14.3 Å². The van der Waals surface area contributed by atoms with Gasteiger partial charge in [-0.3, -0.25) is 14.6 Å². The lowest BCUT2D eigenvalue weighted by Gasteiger charge is -2.35. The number of hydrogen-bond acceptors (Lipinski definition) is 5. The van der Waals surface area contributed by atoms with Gasteiger partial charge in [0.05, 0.1) is 19.3 Å². The number of ketones is 1. The Bertz CT molecular complexity index is 1200. The van der Waals surface area contributed by atoms with Crippen molar-refractivity contribution in [1.29, 1.82) is 0 Å². The van der Waals surface area contributed by atoms with Crippen LogP contribution in [0.5, 0.6) is 5.75 Å². The number of nitrogens with one attached hydrogen (secondary N) is 2. The number of allylic oxidation sites excluding steroid dienone is 1. The largest absolute Gasteiger partial charge is 0.497 e. The van der Waals surface area contributed by atoms with E-state index in [1.54, 1.807) is 43.6 Å². The topological polar surface area (TPSA) is 80.3 Å². The molecule has 0 atom stereocenters. The maximum Gasteiger partial charge on any atom is 0.251 e. The molecule has 0 saturated heterocycles. The summed E-state index contributed by atoms with van der Waals surface area (Å²) in [6.07, 6.45) is 4.16. The molecule has 2 aromatic carbocycles. The first kappa shape index (κ1) is 22.3. The van der Waals surface area contributed by atoms with Gasteiger partial charge >= 0.3 is 0 Å². The summed E-state index contributed by atoms with van der Waals surface area (Å²) in [6, 6.07) is 18.2. The first-order chi connectivity index (χ1) is 15.8. The van der Waals surface area contributed by atoms with Crippen molar-refractivity contribution in [2.75, 3.05) is 7.11 Å². The minimum atomic E-state index is -0.213. The van der Waals surface area contributed by atoms with Crippen LogP contribution in [0.1, 0.15) is 51.4 Å². The Labute approximate surface area is 193 Å². The summed E-state index contributed by atoms with van der Waals surface area (Å²) in [6.45, 7) is 4.56. The van der Waals surface area contributed by atoms with Crippen LogP contribution in [0.3, 0.4) is 0 Å². The van der Waals surface area contributed by atoms with E-state index < -0.39 is 0 Å². The molecular formula is C27H27N3O3. The Morgan fingerprint density at radius 2 is 1.85 bits per heavy atom. The molecule has 2 heterocycles. The maximum absolute atomic E-state index is 13.0. The lowest BCUT2D eigenvalue weighted by Crippen LogP contribution is -2.43. The number of pyridine rings is 1. The average Bonchev–Trinajstić information content (AvgIpc) is 2.82. The van der Waals surface area contributed by atoms with Crippen LogP contribution in [-0.2, 0) is 13.0 Å². The summed E-state index contributed by atoms with van der Waals surface area (Å²) >= 11 is 0. The number of carbonyl (C=O) groups excluding carboxylic acids is 2. The zero-order valence-corrected chi connectivity index (χ0v) is 19.0. The van der Waals surface area contributed by atoms with Crippen molar-refractivity contribution in [3.05, 3.63) is 101 Å². The highest BCUT2D eigenvalue weighted by Crippen LogP contribution is 2.32. The van der Waals surface area contributed by atoms with Crippen molar-refractivity contribution in [2.45, 2.75) is 32.4 Å². The van der Waals surface area contributed by atoms with Crippen LogP contribution in [0, 0.1) is 0 Å². The molecule has 3 aromatic rings. The summed E-state index contributed by atoms with van der Waals surface area (Å²) in [4.78, 5) is 29.6. The molecule has 0 unspecified atom stereocenters. The summed E-state index contributed by atoms with van der Waals surface area (Å²) in [5.74, 6) is 0.397. The number of nitrogens with zero attached hydrogens (tertiary/aromatic N) is 1. The quantitative estimate of drug-likeness (QED) is 0.443. The lowest BCUT2D eigenvalue weighted by atomic mass is 9.85. The number of methoxy groups -OCH3 is 1. The Hall–Kier alpha value is -3.93. The second kappa shape index (κ2) is 9.28. The number of hydrogen-bond donors (Lipinski definition) is 2. The minimum Gasteiger partial charge on any atom is -0.497 e. The molecule has 0 aliphatic carbocycles. The number of amides is 1. The molecule has 33 heavy (non-hydrogen) atoms. The number of benzene rings is 2. The van der Waals surface area contributed by atoms with Gasteiger partial charge in [0.2, 0.25) is 0 Å². The molecule has 0 fully saturated rings. The van der Waals surface area contributed by atoms with Gasteiger partial charge < -0.3 is 15.4 Å². The third-order valence-electron chi connectivity index (χ3n) is 5.58. The van der Waals surface area contributed by atoms with Crippen molar-refractivity contribution in [3.63, 3.8) is 0 Å². The zero-order valence-electron chi connectivity index (χ0n) is 19.0. The normalized spacial score (nSPS) is 15.3. The number of rotatable bonds is 6. The lowest BCUT2D eigenvalue weighted by molar-refractivity contribution is 0.0949. The molecule has 0 spiro atoms. The fourth-order valence-corrected chi connectivity index (χ4v) is 3.93. The van der Waals surface area contributed by atoms with Gasteiger partial charge in [0.1, 0.15) is 5.75 Å². The van der Waals surface area contributed by atoms with Crippen molar-refractivity contribution in [2.24, 2.45) is 0 Å². The minimum absolute atomic E-state index is 0.135. The van der Waals surface area contributed by atoms with E-state index >= 15 is 0 Å². The molecular weight excluding hydrogens is 414 g/mol. The Balaban J connectivity index is 1.51. The molecule has 0 radical (unpaired) electrons. The van der Waals surface area contributed by atoms with Gasteiger partial charge in [0, 0.05) is 40.2 Å². The van der Waals surface area contributed by atoms with E-state index in [1.807, 2.05) is 36.4 Å². The maximum atomic E-state index is 13.0. The van der Waals surface area contributed by atoms with Crippen molar-refractivity contribution in [3.8, 4) is 5.75 Å². The Morgan fingerprint density at radius 3 is 2.55 bits per heavy atom. The number of aromatic nitrogens is 1. The van der Waals surface area contributed by atoms with E-state index in [0.717, 1.165) is 29.1 Å². The molecule has 168 valence electrons. The molecule has 1 amide bonds. The van der Waals surface area contributed by atoms with Crippen molar-refractivity contribution >= 4 is 17.4 Å². The molecule has 1 aromatic heterocycles. The monoisotopic (exact) mass is 441 g/mol. The predicted molar refractivity (Wildman–Crippen MR) is 128 cm³/mol. The van der Waals surface area contributed by atoms with Gasteiger partial charge in [0.25, 0.3) is 5.91 Å². The summed E-state index contributed by atoms with van der Waals surface area (Å²) in [7, 11) is 1.63. The highest BCUT2D eigenvalue weighted by atomic mass is 16.5. The van der Waals surface area contributed by atoms with Crippen LogP contribution < -0.4 is 15.4 Å². The molecule has 6 heteroatoms. The van der Waals surface area contributed by atoms with Crippen LogP contribution in [0.25, 0.3) is 5.70 Å². The summed E-state index contributed by atoms with van der Waals surface area (Å²) in [5.41, 5.74) is 4.50. The van der Waals surface area contributed by atoms with Crippen LogP contribution in [0.15, 0.2) is 72.9 Å². The molecule has 4 rings (SSSR count). The third kappa shape index (κ3) is 5.29. The van der Waals surface area contributed by atoms with E-state index in [-0.39, 0.29) is 17.2 Å². The Kier molecular flexibility index (Phi) is 6.27. The number of fused-ring (bicyclic) bond motifs is 1. The van der Waals surface area contributed by atoms with Crippen LogP contribution in [-0.4, -0.2) is 29.3 Å². The molecule has 0 bridgehead atoms. The molecule has 1 aliphatic heterocycles. The van der Waals surface area contributed by atoms with E-state index in [1.165, 1.54) is 5.56 Å². The van der Waals surface area contributed by atoms with Gasteiger partial charge in [-0.15, -0.1) is 0 Å². The van der Waals surface area contributed by atoms with Crippen LogP contribution in [0.4, 0.5) is 0 Å². The molecule has 0 saturated carbocycles. The van der Waals surface area contributed by atoms with E-state index in [2.05, 4.69) is 29.5 Å². The SMILES string of the molecule is COc1ccc2c(c1)C(=CC(=O)c1ccc(C(=O)NCc3ccccn3)cc1)NC(C)(C)C2. The second-order valence-electron chi connectivity index (χ2n) is 8.71. The van der Waals surface area contributed by atoms with Gasteiger partial charge in [-0.1, -0.05) is 24.3 Å². The molecule has 2 N–H and O–H groups in total. The first-order valence-corrected chi connectivity index (χ1v) is 10.8. The molecule has 1 aliphatic rings. The zero-order chi connectivity index (χ0) is 23.4. The Morgan fingerprint density at radius 1 is 1.09 bits per heavy atom. The van der Waals surface area contributed by atoms with Crippen LogP contribution >= 0.6 is 0 Å².